The Kier molecular flexibility index (Phi) is 8.49. The monoisotopic (exact) mass is 393 g/mol. The van der Waals surface area contributed by atoms with Gasteiger partial charge in [-0.05, 0) is 32.9 Å². The highest BCUT2D eigenvalue weighted by Gasteiger charge is 2.10. The van der Waals surface area contributed by atoms with Crippen molar-refractivity contribution in [1.82, 2.24) is 5.32 Å². The molecule has 1 aromatic rings. The van der Waals surface area contributed by atoms with Crippen LogP contribution in [0.1, 0.15) is 27.7 Å². The van der Waals surface area contributed by atoms with Gasteiger partial charge in [-0.3, -0.25) is 4.99 Å². The molecular formula is C14H24IN3S. The number of aliphatic imine (C=N–C) groups is 1. The van der Waals surface area contributed by atoms with Crippen LogP contribution >= 0.6 is 35.7 Å². The summed E-state index contributed by atoms with van der Waals surface area (Å²) in [7, 11) is 0. The summed E-state index contributed by atoms with van der Waals surface area (Å²) in [5, 5.41) is 3.57. The van der Waals surface area contributed by atoms with Crippen molar-refractivity contribution in [3.8, 4) is 0 Å². The fourth-order valence-corrected chi connectivity index (χ4v) is 2.35. The Morgan fingerprint density at radius 2 is 1.89 bits per heavy atom. The van der Waals surface area contributed by atoms with E-state index in [0.29, 0.717) is 17.8 Å². The average molecular weight is 393 g/mol. The van der Waals surface area contributed by atoms with Gasteiger partial charge >= 0.3 is 0 Å². The number of nitrogens with one attached hydrogen (secondary N) is 1. The second-order valence-electron chi connectivity index (χ2n) is 5.34. The molecule has 108 valence electrons. The number of guanidine groups is 1. The van der Waals surface area contributed by atoms with Gasteiger partial charge in [0.15, 0.2) is 5.96 Å². The van der Waals surface area contributed by atoms with E-state index in [1.165, 1.54) is 4.90 Å². The third-order valence-corrected chi connectivity index (χ3v) is 3.20. The number of nitrogens with two attached hydrogens (primary N) is 1. The van der Waals surface area contributed by atoms with E-state index < -0.39 is 0 Å². The van der Waals surface area contributed by atoms with Crippen molar-refractivity contribution < 1.29 is 0 Å². The van der Waals surface area contributed by atoms with Gasteiger partial charge in [0.25, 0.3) is 0 Å². The fraction of sp³-hybridized carbons (Fsp3) is 0.500. The maximum Gasteiger partial charge on any atom is 0.189 e. The first-order valence-corrected chi connectivity index (χ1v) is 7.04. The summed E-state index contributed by atoms with van der Waals surface area (Å²) in [6, 6.07) is 10.4. The van der Waals surface area contributed by atoms with E-state index in [-0.39, 0.29) is 29.5 Å². The molecule has 3 N–H and O–H groups in total. The molecule has 0 spiro atoms. The van der Waals surface area contributed by atoms with Gasteiger partial charge < -0.3 is 11.1 Å². The van der Waals surface area contributed by atoms with E-state index in [0.717, 1.165) is 0 Å². The zero-order valence-corrected chi connectivity index (χ0v) is 15.2. The van der Waals surface area contributed by atoms with Gasteiger partial charge in [0, 0.05) is 15.7 Å². The molecule has 0 amide bonds. The molecule has 0 fully saturated rings. The highest BCUT2D eigenvalue weighted by molar-refractivity contribution is 14.0. The molecule has 0 bridgehead atoms. The van der Waals surface area contributed by atoms with Gasteiger partial charge in [-0.15, -0.1) is 35.7 Å². The van der Waals surface area contributed by atoms with Crippen molar-refractivity contribution in [2.75, 3.05) is 6.54 Å². The van der Waals surface area contributed by atoms with Crippen LogP contribution < -0.4 is 11.1 Å². The lowest BCUT2D eigenvalue weighted by atomic mass is 10.1. The van der Waals surface area contributed by atoms with Crippen LogP contribution in [0.4, 0.5) is 0 Å². The van der Waals surface area contributed by atoms with Gasteiger partial charge in [0.05, 0.1) is 6.54 Å². The summed E-state index contributed by atoms with van der Waals surface area (Å²) in [5.41, 5.74) is 5.79. The molecule has 0 heterocycles. The van der Waals surface area contributed by atoms with Crippen LogP contribution in [0.3, 0.4) is 0 Å². The van der Waals surface area contributed by atoms with E-state index in [1.54, 1.807) is 0 Å². The van der Waals surface area contributed by atoms with E-state index in [1.807, 2.05) is 30.0 Å². The Balaban J connectivity index is 0.00000324. The Morgan fingerprint density at radius 1 is 1.32 bits per heavy atom. The molecule has 1 unspecified atom stereocenters. The number of hydrogen-bond acceptors (Lipinski definition) is 2. The highest BCUT2D eigenvalue weighted by Crippen LogP contribution is 2.22. The van der Waals surface area contributed by atoms with Crippen molar-refractivity contribution >= 4 is 41.7 Å². The van der Waals surface area contributed by atoms with Crippen molar-refractivity contribution in [3.63, 3.8) is 0 Å². The molecule has 0 saturated carbocycles. The largest absolute Gasteiger partial charge is 0.370 e. The predicted octanol–water partition coefficient (Wildman–Crippen LogP) is 3.49. The van der Waals surface area contributed by atoms with Gasteiger partial charge in [0.2, 0.25) is 0 Å². The normalized spacial score (nSPS) is 13.6. The zero-order valence-electron chi connectivity index (χ0n) is 12.0. The van der Waals surface area contributed by atoms with Crippen LogP contribution in [-0.4, -0.2) is 23.3 Å². The Morgan fingerprint density at radius 3 is 2.42 bits per heavy atom. The fourth-order valence-electron chi connectivity index (χ4n) is 1.42. The van der Waals surface area contributed by atoms with Crippen LogP contribution in [0.15, 0.2) is 40.2 Å². The number of nitrogens with zero attached hydrogens (tertiary/aromatic N) is 1. The van der Waals surface area contributed by atoms with Crippen molar-refractivity contribution in [3.05, 3.63) is 30.3 Å². The molecule has 0 saturated heterocycles. The Hall–Kier alpha value is -0.430. The zero-order chi connectivity index (χ0) is 13.6. The molecular weight excluding hydrogens is 369 g/mol. The number of rotatable bonds is 4. The van der Waals surface area contributed by atoms with Crippen LogP contribution in [-0.2, 0) is 0 Å². The van der Waals surface area contributed by atoms with E-state index >= 15 is 0 Å². The summed E-state index contributed by atoms with van der Waals surface area (Å²) in [6.07, 6.45) is 0. The van der Waals surface area contributed by atoms with Gasteiger partial charge in [0.1, 0.15) is 0 Å². The summed E-state index contributed by atoms with van der Waals surface area (Å²) in [6.45, 7) is 9.08. The van der Waals surface area contributed by atoms with E-state index in [4.69, 9.17) is 5.73 Å². The number of thioether (sulfide) groups is 1. The molecule has 19 heavy (non-hydrogen) atoms. The summed E-state index contributed by atoms with van der Waals surface area (Å²) in [4.78, 5) is 5.63. The van der Waals surface area contributed by atoms with Gasteiger partial charge in [-0.25, -0.2) is 0 Å². The van der Waals surface area contributed by atoms with Crippen molar-refractivity contribution in [2.24, 2.45) is 10.7 Å². The van der Waals surface area contributed by atoms with Crippen molar-refractivity contribution in [1.29, 1.82) is 0 Å². The Bertz CT molecular complexity index is 387. The third-order valence-electron chi connectivity index (χ3n) is 2.10. The standard InChI is InChI=1S/C14H23N3S.HI/c1-11(18-12-8-6-5-7-9-12)10-16-13(15)17-14(2,3)4;/h5-9,11H,10H2,1-4H3,(H3,15,16,17);1H. The maximum absolute atomic E-state index is 5.83. The molecule has 0 aromatic heterocycles. The lowest BCUT2D eigenvalue weighted by molar-refractivity contribution is 0.508. The highest BCUT2D eigenvalue weighted by atomic mass is 127. The summed E-state index contributed by atoms with van der Waals surface area (Å²) < 4.78 is 0. The average Bonchev–Trinajstić information content (AvgIpc) is 2.25. The maximum atomic E-state index is 5.83. The van der Waals surface area contributed by atoms with Crippen LogP contribution in [0.2, 0.25) is 0 Å². The lowest BCUT2D eigenvalue weighted by Crippen LogP contribution is -2.45. The molecule has 5 heteroatoms. The minimum absolute atomic E-state index is 0. The first-order valence-electron chi connectivity index (χ1n) is 6.16. The molecule has 0 aliphatic carbocycles. The Labute approximate surface area is 137 Å². The van der Waals surface area contributed by atoms with Crippen molar-refractivity contribution in [2.45, 2.75) is 43.4 Å². The third kappa shape index (κ3) is 9.15. The molecule has 0 radical (unpaired) electrons. The number of hydrogen-bond donors (Lipinski definition) is 2. The van der Waals surface area contributed by atoms with Gasteiger partial charge in [-0.2, -0.15) is 0 Å². The smallest absolute Gasteiger partial charge is 0.189 e. The second-order valence-corrected chi connectivity index (χ2v) is 6.85. The summed E-state index contributed by atoms with van der Waals surface area (Å²) >= 11 is 1.81. The molecule has 1 rings (SSSR count). The first-order chi connectivity index (χ1) is 8.37. The van der Waals surface area contributed by atoms with Gasteiger partial charge in [-0.1, -0.05) is 25.1 Å². The topological polar surface area (TPSA) is 50.4 Å². The second kappa shape index (κ2) is 8.68. The SMILES string of the molecule is CC(CN=C(N)NC(C)(C)C)Sc1ccccc1.I. The predicted molar refractivity (Wildman–Crippen MR) is 96.6 cm³/mol. The van der Waals surface area contributed by atoms with Crippen LogP contribution in [0.5, 0.6) is 0 Å². The van der Waals surface area contributed by atoms with E-state index in [9.17, 15) is 0 Å². The van der Waals surface area contributed by atoms with Crippen LogP contribution in [0.25, 0.3) is 0 Å². The lowest BCUT2D eigenvalue weighted by Gasteiger charge is -2.21. The minimum atomic E-state index is -0.0383. The molecule has 1 aromatic carbocycles. The molecule has 1 atom stereocenters. The first kappa shape index (κ1) is 18.6. The molecule has 0 aliphatic heterocycles. The quantitative estimate of drug-likeness (QED) is 0.356. The number of halogens is 1. The molecule has 0 aliphatic rings. The van der Waals surface area contributed by atoms with E-state index in [2.05, 4.69) is 50.1 Å². The van der Waals surface area contributed by atoms with Crippen LogP contribution in [0, 0.1) is 0 Å². The summed E-state index contributed by atoms with van der Waals surface area (Å²) in [5.74, 6) is 0.517. The number of benzene rings is 1. The minimum Gasteiger partial charge on any atom is -0.370 e. The molecule has 3 nitrogen and oxygen atoms in total.